The van der Waals surface area contributed by atoms with Gasteiger partial charge in [-0.1, -0.05) is 15.9 Å². The van der Waals surface area contributed by atoms with Gasteiger partial charge in [-0.3, -0.25) is 4.79 Å². The van der Waals surface area contributed by atoms with E-state index in [1.807, 2.05) is 6.07 Å². The summed E-state index contributed by atoms with van der Waals surface area (Å²) in [5, 5.41) is 3.10. The van der Waals surface area contributed by atoms with Crippen molar-refractivity contribution in [1.29, 1.82) is 0 Å². The SMILES string of the molecule is COCC(=O)NC1CCC(CCN2CCC(Cc3cc(OC)ccc3Br)CC2)CC1.Cl. The number of piperidine rings is 1. The van der Waals surface area contributed by atoms with E-state index in [2.05, 4.69) is 38.3 Å². The Hall–Kier alpha value is -0.820. The number of nitrogens with zero attached hydrogens (tertiary/aromatic N) is 1. The highest BCUT2D eigenvalue weighted by Crippen LogP contribution is 2.30. The van der Waals surface area contributed by atoms with Crippen LogP contribution < -0.4 is 10.1 Å². The van der Waals surface area contributed by atoms with Gasteiger partial charge in [0.05, 0.1) is 7.11 Å². The molecule has 1 N–H and O–H groups in total. The monoisotopic (exact) mass is 516 g/mol. The van der Waals surface area contributed by atoms with Gasteiger partial charge in [0.1, 0.15) is 12.4 Å². The van der Waals surface area contributed by atoms with Gasteiger partial charge in [0.15, 0.2) is 0 Å². The van der Waals surface area contributed by atoms with Gasteiger partial charge in [-0.2, -0.15) is 0 Å². The van der Waals surface area contributed by atoms with Crippen molar-refractivity contribution >= 4 is 34.2 Å². The number of amides is 1. The Morgan fingerprint density at radius 1 is 1.10 bits per heavy atom. The van der Waals surface area contributed by atoms with Crippen molar-refractivity contribution < 1.29 is 14.3 Å². The highest BCUT2D eigenvalue weighted by molar-refractivity contribution is 9.10. The Morgan fingerprint density at radius 2 is 1.81 bits per heavy atom. The lowest BCUT2D eigenvalue weighted by Crippen LogP contribution is -2.40. The van der Waals surface area contributed by atoms with Crippen LogP contribution in [-0.2, 0) is 16.0 Å². The molecule has 1 aliphatic carbocycles. The average molecular weight is 518 g/mol. The van der Waals surface area contributed by atoms with Crippen LogP contribution >= 0.6 is 28.3 Å². The third-order valence-corrected chi connectivity index (χ3v) is 7.58. The maximum atomic E-state index is 11.7. The summed E-state index contributed by atoms with van der Waals surface area (Å²) in [5.41, 5.74) is 1.36. The van der Waals surface area contributed by atoms with Crippen LogP contribution in [0.25, 0.3) is 0 Å². The molecule has 176 valence electrons. The zero-order chi connectivity index (χ0) is 21.3. The van der Waals surface area contributed by atoms with E-state index in [9.17, 15) is 4.79 Å². The standard InChI is InChI=1S/C24H37BrN2O3.ClH/c1-29-17-24(28)26-21-5-3-18(4-6-21)9-12-27-13-10-19(11-14-27)15-20-16-22(30-2)7-8-23(20)25;/h7-8,16,18-19,21H,3-6,9-15,17H2,1-2H3,(H,26,28);1H. The van der Waals surface area contributed by atoms with E-state index in [0.29, 0.717) is 6.04 Å². The molecule has 1 saturated heterocycles. The minimum Gasteiger partial charge on any atom is -0.497 e. The summed E-state index contributed by atoms with van der Waals surface area (Å²) >= 11 is 3.70. The van der Waals surface area contributed by atoms with E-state index < -0.39 is 0 Å². The van der Waals surface area contributed by atoms with Crippen LogP contribution in [0.1, 0.15) is 50.5 Å². The maximum absolute atomic E-state index is 11.7. The number of carbonyl (C=O) groups excluding carboxylic acids is 1. The zero-order valence-electron chi connectivity index (χ0n) is 18.9. The second-order valence-electron chi connectivity index (χ2n) is 8.95. The van der Waals surface area contributed by atoms with E-state index in [1.54, 1.807) is 14.2 Å². The summed E-state index contributed by atoms with van der Waals surface area (Å²) in [6.45, 7) is 3.83. The number of rotatable bonds is 9. The molecule has 1 amide bonds. The van der Waals surface area contributed by atoms with E-state index >= 15 is 0 Å². The van der Waals surface area contributed by atoms with Crippen molar-refractivity contribution in [1.82, 2.24) is 10.2 Å². The van der Waals surface area contributed by atoms with Crippen molar-refractivity contribution in [3.63, 3.8) is 0 Å². The van der Waals surface area contributed by atoms with Crippen LogP contribution in [0.2, 0.25) is 0 Å². The zero-order valence-corrected chi connectivity index (χ0v) is 21.3. The average Bonchev–Trinajstić information content (AvgIpc) is 2.76. The topological polar surface area (TPSA) is 50.8 Å². The van der Waals surface area contributed by atoms with Gasteiger partial charge in [-0.25, -0.2) is 0 Å². The lowest BCUT2D eigenvalue weighted by Gasteiger charge is -2.34. The van der Waals surface area contributed by atoms with E-state index in [-0.39, 0.29) is 24.9 Å². The molecule has 1 aromatic rings. The van der Waals surface area contributed by atoms with Crippen LogP contribution in [-0.4, -0.2) is 57.3 Å². The number of benzene rings is 1. The number of ether oxygens (including phenoxy) is 2. The molecular weight excluding hydrogens is 480 g/mol. The van der Waals surface area contributed by atoms with Crippen molar-refractivity contribution in [2.45, 2.75) is 57.4 Å². The Balaban J connectivity index is 0.00000341. The Kier molecular flexibility index (Phi) is 11.7. The number of carbonyl (C=O) groups is 1. The fourth-order valence-corrected chi connectivity index (χ4v) is 5.33. The first-order valence-corrected chi connectivity index (χ1v) is 12.2. The second kappa shape index (κ2) is 13.7. The summed E-state index contributed by atoms with van der Waals surface area (Å²) in [6.07, 6.45) is 9.67. The second-order valence-corrected chi connectivity index (χ2v) is 9.81. The van der Waals surface area contributed by atoms with Crippen molar-refractivity contribution in [2.24, 2.45) is 11.8 Å². The predicted octanol–water partition coefficient (Wildman–Crippen LogP) is 4.85. The van der Waals surface area contributed by atoms with Crippen molar-refractivity contribution in [3.05, 3.63) is 28.2 Å². The predicted molar refractivity (Wildman–Crippen MR) is 131 cm³/mol. The highest BCUT2D eigenvalue weighted by atomic mass is 79.9. The first-order chi connectivity index (χ1) is 14.6. The van der Waals surface area contributed by atoms with E-state index in [4.69, 9.17) is 9.47 Å². The molecule has 5 nitrogen and oxygen atoms in total. The molecule has 2 aliphatic rings. The van der Waals surface area contributed by atoms with Gasteiger partial charge >= 0.3 is 0 Å². The first kappa shape index (κ1) is 26.4. The summed E-state index contributed by atoms with van der Waals surface area (Å²) in [7, 11) is 3.30. The molecule has 0 radical (unpaired) electrons. The van der Waals surface area contributed by atoms with Gasteiger partial charge in [0, 0.05) is 17.6 Å². The quantitative estimate of drug-likeness (QED) is 0.509. The number of hydrogen-bond donors (Lipinski definition) is 1. The van der Waals surface area contributed by atoms with Crippen LogP contribution in [0.3, 0.4) is 0 Å². The Labute approximate surface area is 202 Å². The van der Waals surface area contributed by atoms with Crippen LogP contribution in [0.5, 0.6) is 5.75 Å². The summed E-state index contributed by atoms with van der Waals surface area (Å²) in [5.74, 6) is 2.53. The number of methoxy groups -OCH3 is 2. The third kappa shape index (κ3) is 8.56. The molecule has 0 bridgehead atoms. The molecule has 1 aromatic carbocycles. The molecular formula is C24H38BrClN2O3. The Bertz CT molecular complexity index is 675. The van der Waals surface area contributed by atoms with Crippen molar-refractivity contribution in [3.8, 4) is 5.75 Å². The molecule has 31 heavy (non-hydrogen) atoms. The molecule has 1 saturated carbocycles. The lowest BCUT2D eigenvalue weighted by molar-refractivity contribution is -0.125. The van der Waals surface area contributed by atoms with Gasteiger partial charge in [0.25, 0.3) is 0 Å². The third-order valence-electron chi connectivity index (χ3n) is 6.81. The lowest BCUT2D eigenvalue weighted by atomic mass is 9.83. The van der Waals surface area contributed by atoms with Gasteiger partial charge in [0.2, 0.25) is 5.91 Å². The molecule has 2 fully saturated rings. The normalized spacial score (nSPS) is 22.5. The van der Waals surface area contributed by atoms with Crippen molar-refractivity contribution in [2.75, 3.05) is 40.5 Å². The molecule has 0 spiro atoms. The highest BCUT2D eigenvalue weighted by Gasteiger charge is 2.24. The number of halogens is 2. The summed E-state index contributed by atoms with van der Waals surface area (Å²) in [4.78, 5) is 14.3. The van der Waals surface area contributed by atoms with E-state index in [1.165, 1.54) is 61.8 Å². The number of nitrogens with one attached hydrogen (secondary N) is 1. The maximum Gasteiger partial charge on any atom is 0.246 e. The molecule has 0 unspecified atom stereocenters. The van der Waals surface area contributed by atoms with E-state index in [0.717, 1.165) is 36.8 Å². The summed E-state index contributed by atoms with van der Waals surface area (Å²) < 4.78 is 11.5. The Morgan fingerprint density at radius 3 is 2.45 bits per heavy atom. The minimum absolute atomic E-state index is 0. The molecule has 0 atom stereocenters. The molecule has 3 rings (SSSR count). The number of likely N-dealkylation sites (tertiary alicyclic amines) is 1. The largest absolute Gasteiger partial charge is 0.497 e. The first-order valence-electron chi connectivity index (χ1n) is 11.4. The van der Waals surface area contributed by atoms with Crippen LogP contribution in [0, 0.1) is 11.8 Å². The van der Waals surface area contributed by atoms with Gasteiger partial charge < -0.3 is 19.7 Å². The fraction of sp³-hybridized carbons (Fsp3) is 0.708. The van der Waals surface area contributed by atoms with Crippen LogP contribution in [0.4, 0.5) is 0 Å². The van der Waals surface area contributed by atoms with Gasteiger partial charge in [-0.05, 0) is 107 Å². The number of hydrogen-bond acceptors (Lipinski definition) is 4. The van der Waals surface area contributed by atoms with Gasteiger partial charge in [-0.15, -0.1) is 12.4 Å². The molecule has 1 heterocycles. The van der Waals surface area contributed by atoms with Crippen LogP contribution in [0.15, 0.2) is 22.7 Å². The smallest absolute Gasteiger partial charge is 0.246 e. The fourth-order valence-electron chi connectivity index (χ4n) is 4.92. The summed E-state index contributed by atoms with van der Waals surface area (Å²) in [6, 6.07) is 6.62. The molecule has 0 aromatic heterocycles. The molecule has 7 heteroatoms. The minimum atomic E-state index is 0. The molecule has 1 aliphatic heterocycles.